The molecule has 1 heterocycles. The second kappa shape index (κ2) is 6.00. The Morgan fingerprint density at radius 1 is 1.25 bits per heavy atom. The van der Waals surface area contributed by atoms with E-state index in [1.807, 2.05) is 12.4 Å². The molecule has 1 unspecified atom stereocenters. The number of nitrogens with zero attached hydrogens (tertiary/aromatic N) is 1. The Morgan fingerprint density at radius 3 is 2.44 bits per heavy atom. The van der Waals surface area contributed by atoms with Crippen molar-refractivity contribution in [2.45, 2.75) is 46.1 Å². The van der Waals surface area contributed by atoms with Crippen molar-refractivity contribution in [1.29, 1.82) is 0 Å². The molecule has 1 aromatic heterocycles. The van der Waals surface area contributed by atoms with Crippen LogP contribution in [0.5, 0.6) is 0 Å². The lowest BCUT2D eigenvalue weighted by atomic mass is 10.00. The zero-order valence-electron chi connectivity index (χ0n) is 11.0. The number of nitrogens with one attached hydrogen (secondary N) is 1. The molecule has 0 aliphatic carbocycles. The van der Waals surface area contributed by atoms with Crippen LogP contribution in [0.3, 0.4) is 0 Å². The molecule has 0 aliphatic rings. The summed E-state index contributed by atoms with van der Waals surface area (Å²) in [4.78, 5) is 4.03. The van der Waals surface area contributed by atoms with E-state index in [1.165, 1.54) is 12.0 Å². The molecule has 0 amide bonds. The second-order valence-corrected chi connectivity index (χ2v) is 5.63. The van der Waals surface area contributed by atoms with Gasteiger partial charge in [-0.1, -0.05) is 6.92 Å². The first-order valence-electron chi connectivity index (χ1n) is 6.11. The van der Waals surface area contributed by atoms with Crippen LogP contribution in [-0.4, -0.2) is 17.1 Å². The van der Waals surface area contributed by atoms with E-state index < -0.39 is 0 Å². The minimum Gasteiger partial charge on any atom is -0.312 e. The molecule has 0 aromatic carbocycles. The molecule has 1 atom stereocenters. The predicted molar refractivity (Wildman–Crippen MR) is 69.5 cm³/mol. The molecule has 0 radical (unpaired) electrons. The van der Waals surface area contributed by atoms with Gasteiger partial charge in [-0.15, -0.1) is 0 Å². The standard InChI is InChI=1S/C14H24N2/c1-12(11-16-14(2,3)4)5-6-13-7-9-15-10-8-13/h7-10,12,16H,5-6,11H2,1-4H3. The smallest absolute Gasteiger partial charge is 0.0270 e. The van der Waals surface area contributed by atoms with Gasteiger partial charge in [-0.3, -0.25) is 4.98 Å². The Bertz CT molecular complexity index is 287. The summed E-state index contributed by atoms with van der Waals surface area (Å²) in [6.45, 7) is 10.0. The predicted octanol–water partition coefficient (Wildman–Crippen LogP) is 3.04. The van der Waals surface area contributed by atoms with Crippen molar-refractivity contribution >= 4 is 0 Å². The summed E-state index contributed by atoms with van der Waals surface area (Å²) in [6.07, 6.45) is 6.11. The lowest BCUT2D eigenvalue weighted by Gasteiger charge is -2.23. The van der Waals surface area contributed by atoms with E-state index >= 15 is 0 Å². The van der Waals surface area contributed by atoms with E-state index in [0.717, 1.165) is 13.0 Å². The molecule has 90 valence electrons. The fourth-order valence-electron chi connectivity index (χ4n) is 1.54. The largest absolute Gasteiger partial charge is 0.312 e. The molecular formula is C14H24N2. The van der Waals surface area contributed by atoms with E-state index in [4.69, 9.17) is 0 Å². The normalized spacial score (nSPS) is 13.8. The highest BCUT2D eigenvalue weighted by molar-refractivity contribution is 5.09. The van der Waals surface area contributed by atoms with Gasteiger partial charge in [0.25, 0.3) is 0 Å². The molecule has 0 saturated heterocycles. The van der Waals surface area contributed by atoms with Gasteiger partial charge < -0.3 is 5.32 Å². The Balaban J connectivity index is 2.23. The van der Waals surface area contributed by atoms with Gasteiger partial charge in [-0.05, 0) is 63.8 Å². The van der Waals surface area contributed by atoms with E-state index in [1.54, 1.807) is 0 Å². The van der Waals surface area contributed by atoms with Gasteiger partial charge >= 0.3 is 0 Å². The number of rotatable bonds is 5. The van der Waals surface area contributed by atoms with Crippen LogP contribution >= 0.6 is 0 Å². The van der Waals surface area contributed by atoms with Gasteiger partial charge in [0, 0.05) is 17.9 Å². The van der Waals surface area contributed by atoms with Crippen molar-refractivity contribution < 1.29 is 0 Å². The second-order valence-electron chi connectivity index (χ2n) is 5.63. The average Bonchev–Trinajstić information content (AvgIpc) is 2.24. The molecule has 1 N–H and O–H groups in total. The van der Waals surface area contributed by atoms with Gasteiger partial charge in [0.15, 0.2) is 0 Å². The summed E-state index contributed by atoms with van der Waals surface area (Å²) in [5.41, 5.74) is 1.61. The molecule has 0 bridgehead atoms. The maximum atomic E-state index is 4.03. The van der Waals surface area contributed by atoms with Gasteiger partial charge in [0.2, 0.25) is 0 Å². The Morgan fingerprint density at radius 2 is 1.88 bits per heavy atom. The molecule has 0 aliphatic heterocycles. The van der Waals surface area contributed by atoms with Crippen molar-refractivity contribution in [1.82, 2.24) is 10.3 Å². The van der Waals surface area contributed by atoms with Crippen molar-refractivity contribution in [2.24, 2.45) is 5.92 Å². The fourth-order valence-corrected chi connectivity index (χ4v) is 1.54. The number of aryl methyl sites for hydroxylation is 1. The van der Waals surface area contributed by atoms with E-state index in [0.29, 0.717) is 5.92 Å². The van der Waals surface area contributed by atoms with Crippen molar-refractivity contribution in [2.75, 3.05) is 6.54 Å². The molecule has 1 aromatic rings. The third-order valence-electron chi connectivity index (χ3n) is 2.66. The van der Waals surface area contributed by atoms with E-state index in [9.17, 15) is 0 Å². The van der Waals surface area contributed by atoms with E-state index in [2.05, 4.69) is 50.1 Å². The molecule has 1 rings (SSSR count). The molecule has 2 nitrogen and oxygen atoms in total. The first-order chi connectivity index (χ1) is 7.47. The zero-order chi connectivity index (χ0) is 12.0. The highest BCUT2D eigenvalue weighted by Gasteiger charge is 2.10. The van der Waals surface area contributed by atoms with Crippen LogP contribution in [0.2, 0.25) is 0 Å². The van der Waals surface area contributed by atoms with Gasteiger partial charge in [-0.25, -0.2) is 0 Å². The summed E-state index contributed by atoms with van der Waals surface area (Å²) in [6, 6.07) is 4.20. The first-order valence-corrected chi connectivity index (χ1v) is 6.11. The molecule has 0 saturated carbocycles. The third kappa shape index (κ3) is 5.86. The van der Waals surface area contributed by atoms with Crippen LogP contribution in [0.1, 0.15) is 39.7 Å². The highest BCUT2D eigenvalue weighted by Crippen LogP contribution is 2.09. The summed E-state index contributed by atoms with van der Waals surface area (Å²) in [5.74, 6) is 0.715. The summed E-state index contributed by atoms with van der Waals surface area (Å²) in [7, 11) is 0. The third-order valence-corrected chi connectivity index (χ3v) is 2.66. The van der Waals surface area contributed by atoms with Gasteiger partial charge in [0.1, 0.15) is 0 Å². The van der Waals surface area contributed by atoms with Crippen LogP contribution in [0, 0.1) is 5.92 Å². The molecule has 2 heteroatoms. The fraction of sp³-hybridized carbons (Fsp3) is 0.643. The Kier molecular flexibility index (Phi) is 4.94. The summed E-state index contributed by atoms with van der Waals surface area (Å²) in [5, 5.41) is 3.55. The summed E-state index contributed by atoms with van der Waals surface area (Å²) >= 11 is 0. The molecule has 16 heavy (non-hydrogen) atoms. The monoisotopic (exact) mass is 220 g/mol. The topological polar surface area (TPSA) is 24.9 Å². The van der Waals surface area contributed by atoms with Gasteiger partial charge in [0.05, 0.1) is 0 Å². The Labute approximate surface area is 99.5 Å². The SMILES string of the molecule is CC(CCc1ccncc1)CNC(C)(C)C. The minimum atomic E-state index is 0.227. The minimum absolute atomic E-state index is 0.227. The lowest BCUT2D eigenvalue weighted by molar-refractivity contribution is 0.372. The number of aromatic nitrogens is 1. The average molecular weight is 220 g/mol. The number of pyridine rings is 1. The van der Waals surface area contributed by atoms with Crippen molar-refractivity contribution in [3.05, 3.63) is 30.1 Å². The molecule has 0 spiro atoms. The van der Waals surface area contributed by atoms with Crippen LogP contribution in [-0.2, 0) is 6.42 Å². The first kappa shape index (κ1) is 13.2. The van der Waals surface area contributed by atoms with Gasteiger partial charge in [-0.2, -0.15) is 0 Å². The molecular weight excluding hydrogens is 196 g/mol. The quantitative estimate of drug-likeness (QED) is 0.825. The van der Waals surface area contributed by atoms with Crippen molar-refractivity contribution in [3.8, 4) is 0 Å². The molecule has 0 fully saturated rings. The van der Waals surface area contributed by atoms with Crippen LogP contribution < -0.4 is 5.32 Å². The van der Waals surface area contributed by atoms with Crippen LogP contribution in [0.4, 0.5) is 0 Å². The maximum Gasteiger partial charge on any atom is 0.0270 e. The summed E-state index contributed by atoms with van der Waals surface area (Å²) < 4.78 is 0. The maximum absolute atomic E-state index is 4.03. The Hall–Kier alpha value is -0.890. The highest BCUT2D eigenvalue weighted by atomic mass is 14.9. The van der Waals surface area contributed by atoms with Crippen LogP contribution in [0.15, 0.2) is 24.5 Å². The lowest BCUT2D eigenvalue weighted by Crippen LogP contribution is -2.38. The number of hydrogen-bond donors (Lipinski definition) is 1. The number of hydrogen-bond acceptors (Lipinski definition) is 2. The zero-order valence-corrected chi connectivity index (χ0v) is 11.0. The van der Waals surface area contributed by atoms with Crippen LogP contribution in [0.25, 0.3) is 0 Å². The van der Waals surface area contributed by atoms with E-state index in [-0.39, 0.29) is 5.54 Å². The van der Waals surface area contributed by atoms with Crippen molar-refractivity contribution in [3.63, 3.8) is 0 Å².